The van der Waals surface area contributed by atoms with Crippen LogP contribution in [-0.2, 0) is 0 Å². The average molecular weight is 223 g/mol. The smallest absolute Gasteiger partial charge is 0.258 e. The van der Waals surface area contributed by atoms with E-state index in [-0.39, 0.29) is 0 Å². The Kier molecular flexibility index (Phi) is 2.70. The molecule has 3 nitrogen and oxygen atoms in total. The zero-order valence-electron chi connectivity index (χ0n) is 6.84. The van der Waals surface area contributed by atoms with Crippen LogP contribution in [0.2, 0.25) is 0 Å². The molecule has 14 heavy (non-hydrogen) atoms. The predicted octanol–water partition coefficient (Wildman–Crippen LogP) is 2.61. The number of rotatable bonds is 1. The molecular weight excluding hydrogens is 219 g/mol. The number of nitro groups is 1. The highest BCUT2D eigenvalue weighted by atomic mass is 32.1. The zero-order valence-corrected chi connectivity index (χ0v) is 7.74. The van der Waals surface area contributed by atoms with Crippen molar-refractivity contribution in [3.05, 3.63) is 33.1 Å². The zero-order chi connectivity index (χ0) is 11.0. The highest BCUT2D eigenvalue weighted by molar-refractivity contribution is 7.80. The lowest BCUT2D eigenvalue weighted by molar-refractivity contribution is -0.391. The van der Waals surface area contributed by atoms with Gasteiger partial charge in [-0.05, 0) is 6.92 Å². The van der Waals surface area contributed by atoms with E-state index in [4.69, 9.17) is 0 Å². The lowest BCUT2D eigenvalue weighted by Gasteiger charge is -2.04. The molecule has 0 unspecified atom stereocenters. The van der Waals surface area contributed by atoms with E-state index in [1.165, 1.54) is 0 Å². The molecule has 0 amide bonds. The van der Waals surface area contributed by atoms with Gasteiger partial charge >= 0.3 is 5.69 Å². The van der Waals surface area contributed by atoms with Gasteiger partial charge < -0.3 is 0 Å². The lowest BCUT2D eigenvalue weighted by atomic mass is 10.2. The summed E-state index contributed by atoms with van der Waals surface area (Å²) in [6, 6.07) is 0. The standard InChI is InChI=1S/C7H4F3NO2S/c1-2-3(8)5(10)6(11(12)13)7(14)4(2)9/h14H,1H3. The van der Waals surface area contributed by atoms with Crippen LogP contribution in [0.4, 0.5) is 18.9 Å². The van der Waals surface area contributed by atoms with E-state index in [2.05, 4.69) is 12.6 Å². The minimum Gasteiger partial charge on any atom is -0.258 e. The van der Waals surface area contributed by atoms with Crippen molar-refractivity contribution in [1.29, 1.82) is 0 Å². The van der Waals surface area contributed by atoms with Gasteiger partial charge in [0.25, 0.3) is 0 Å². The summed E-state index contributed by atoms with van der Waals surface area (Å²) in [5.41, 5.74) is -1.91. The number of nitrogens with zero attached hydrogens (tertiary/aromatic N) is 1. The summed E-state index contributed by atoms with van der Waals surface area (Å²) < 4.78 is 38.8. The molecule has 76 valence electrons. The first kappa shape index (κ1) is 10.8. The number of benzene rings is 1. The molecule has 1 rings (SSSR count). The maximum Gasteiger partial charge on any atom is 0.324 e. The third kappa shape index (κ3) is 1.43. The monoisotopic (exact) mass is 223 g/mol. The molecule has 0 saturated heterocycles. The summed E-state index contributed by atoms with van der Waals surface area (Å²) in [5, 5.41) is 10.2. The molecule has 0 bridgehead atoms. The van der Waals surface area contributed by atoms with Gasteiger partial charge in [-0.2, -0.15) is 4.39 Å². The van der Waals surface area contributed by atoms with Crippen LogP contribution in [-0.4, -0.2) is 4.92 Å². The van der Waals surface area contributed by atoms with Crippen molar-refractivity contribution >= 4 is 18.3 Å². The molecule has 1 aromatic carbocycles. The minimum atomic E-state index is -1.70. The van der Waals surface area contributed by atoms with E-state index < -0.39 is 38.5 Å². The molecule has 0 saturated carbocycles. The fourth-order valence-corrected chi connectivity index (χ4v) is 1.26. The minimum absolute atomic E-state index is 0.627. The van der Waals surface area contributed by atoms with Gasteiger partial charge in [0, 0.05) is 5.56 Å². The van der Waals surface area contributed by atoms with E-state index in [9.17, 15) is 23.3 Å². The van der Waals surface area contributed by atoms with Crippen LogP contribution in [0, 0.1) is 34.5 Å². The van der Waals surface area contributed by atoms with Crippen LogP contribution in [0.25, 0.3) is 0 Å². The number of hydrogen-bond donors (Lipinski definition) is 1. The summed E-state index contributed by atoms with van der Waals surface area (Å²) in [7, 11) is 0. The van der Waals surface area contributed by atoms with Gasteiger partial charge in [-0.1, -0.05) is 0 Å². The first-order valence-electron chi connectivity index (χ1n) is 3.38. The van der Waals surface area contributed by atoms with Crippen molar-refractivity contribution in [2.45, 2.75) is 11.8 Å². The molecule has 1 aromatic rings. The largest absolute Gasteiger partial charge is 0.324 e. The SMILES string of the molecule is Cc1c(F)c(F)c([N+](=O)[O-])c(S)c1F. The summed E-state index contributed by atoms with van der Waals surface area (Å²) in [6.45, 7) is 0.969. The average Bonchev–Trinajstić information content (AvgIpc) is 2.11. The Hall–Kier alpha value is -1.24. The summed E-state index contributed by atoms with van der Waals surface area (Å²) in [4.78, 5) is 8.22. The van der Waals surface area contributed by atoms with Gasteiger partial charge in [0.05, 0.1) is 4.92 Å². The van der Waals surface area contributed by atoms with Crippen LogP contribution in [0.1, 0.15) is 5.56 Å². The molecule has 0 atom stereocenters. The summed E-state index contributed by atoms with van der Waals surface area (Å²) >= 11 is 3.41. The van der Waals surface area contributed by atoms with Crippen LogP contribution >= 0.6 is 12.6 Å². The highest BCUT2D eigenvalue weighted by Gasteiger charge is 2.28. The molecule has 0 fully saturated rings. The fourth-order valence-electron chi connectivity index (χ4n) is 0.917. The molecule has 0 radical (unpaired) electrons. The maximum atomic E-state index is 13.0. The van der Waals surface area contributed by atoms with Gasteiger partial charge in [0.15, 0.2) is 5.82 Å². The van der Waals surface area contributed by atoms with E-state index in [1.807, 2.05) is 0 Å². The number of hydrogen-bond acceptors (Lipinski definition) is 3. The Morgan fingerprint density at radius 1 is 1.21 bits per heavy atom. The lowest BCUT2D eigenvalue weighted by Crippen LogP contribution is -2.03. The van der Waals surface area contributed by atoms with E-state index in [1.54, 1.807) is 0 Å². The van der Waals surface area contributed by atoms with Gasteiger partial charge in [-0.15, -0.1) is 12.6 Å². The van der Waals surface area contributed by atoms with Gasteiger partial charge in [-0.25, -0.2) is 8.78 Å². The van der Waals surface area contributed by atoms with E-state index in [0.717, 1.165) is 6.92 Å². The van der Waals surface area contributed by atoms with Crippen molar-refractivity contribution in [3.63, 3.8) is 0 Å². The van der Waals surface area contributed by atoms with Crippen molar-refractivity contribution in [2.75, 3.05) is 0 Å². The van der Waals surface area contributed by atoms with Crippen LogP contribution < -0.4 is 0 Å². The topological polar surface area (TPSA) is 43.1 Å². The van der Waals surface area contributed by atoms with E-state index >= 15 is 0 Å². The van der Waals surface area contributed by atoms with E-state index in [0.29, 0.717) is 0 Å². The molecule has 0 spiro atoms. The quantitative estimate of drug-likeness (QED) is 0.344. The molecule has 0 N–H and O–H groups in total. The molecule has 0 aliphatic carbocycles. The Labute approximate surface area is 82.1 Å². The number of thiol groups is 1. The fraction of sp³-hybridized carbons (Fsp3) is 0.143. The van der Waals surface area contributed by atoms with Crippen molar-refractivity contribution in [2.24, 2.45) is 0 Å². The highest BCUT2D eigenvalue weighted by Crippen LogP contribution is 2.32. The second-order valence-corrected chi connectivity index (χ2v) is 2.97. The molecule has 0 aromatic heterocycles. The molecular formula is C7H4F3NO2S. The molecule has 0 aliphatic rings. The molecule has 0 aliphatic heterocycles. The van der Waals surface area contributed by atoms with Crippen LogP contribution in [0.15, 0.2) is 4.90 Å². The van der Waals surface area contributed by atoms with Crippen LogP contribution in [0.3, 0.4) is 0 Å². The Morgan fingerprint density at radius 2 is 1.71 bits per heavy atom. The first-order valence-corrected chi connectivity index (χ1v) is 3.83. The first-order chi connectivity index (χ1) is 6.37. The number of nitro benzene ring substituents is 1. The normalized spacial score (nSPS) is 10.4. The molecule has 0 heterocycles. The van der Waals surface area contributed by atoms with Crippen molar-refractivity contribution in [3.8, 4) is 0 Å². The maximum absolute atomic E-state index is 13.0. The third-order valence-corrected chi connectivity index (χ3v) is 2.08. The van der Waals surface area contributed by atoms with Gasteiger partial charge in [-0.3, -0.25) is 10.1 Å². The summed E-state index contributed by atoms with van der Waals surface area (Å²) in [5.74, 6) is -4.48. The predicted molar refractivity (Wildman–Crippen MR) is 45.0 cm³/mol. The number of halogens is 3. The Balaban J connectivity index is 3.68. The van der Waals surface area contributed by atoms with Gasteiger partial charge in [0.1, 0.15) is 10.7 Å². The van der Waals surface area contributed by atoms with Crippen molar-refractivity contribution < 1.29 is 18.1 Å². The Morgan fingerprint density at radius 3 is 2.14 bits per heavy atom. The molecule has 7 heteroatoms. The summed E-state index contributed by atoms with van der Waals surface area (Å²) in [6.07, 6.45) is 0. The third-order valence-electron chi connectivity index (χ3n) is 1.67. The van der Waals surface area contributed by atoms with Crippen molar-refractivity contribution in [1.82, 2.24) is 0 Å². The second-order valence-electron chi connectivity index (χ2n) is 2.52. The Bertz CT molecular complexity index is 393. The van der Waals surface area contributed by atoms with Gasteiger partial charge in [0.2, 0.25) is 5.82 Å². The van der Waals surface area contributed by atoms with Crippen LogP contribution in [0.5, 0.6) is 0 Å². The second kappa shape index (κ2) is 3.49.